The van der Waals surface area contributed by atoms with Crippen LogP contribution in [0.25, 0.3) is 10.8 Å². The Kier molecular flexibility index (Phi) is 5.70. The highest BCUT2D eigenvalue weighted by Gasteiger charge is 2.23. The van der Waals surface area contributed by atoms with E-state index in [1.54, 1.807) is 0 Å². The molecule has 0 atom stereocenters. The summed E-state index contributed by atoms with van der Waals surface area (Å²) in [5.41, 5.74) is 0.501. The summed E-state index contributed by atoms with van der Waals surface area (Å²) in [5.74, 6) is 2.39. The Bertz CT molecular complexity index is 1240. The van der Waals surface area contributed by atoms with Crippen molar-refractivity contribution in [3.05, 3.63) is 82.2 Å². The molecule has 0 nitrogen and oxygen atoms in total. The lowest BCUT2D eigenvalue weighted by atomic mass is 9.79. The maximum absolute atomic E-state index is 14.6. The molecular formula is C26H17F5. The number of hydrogen-bond acceptors (Lipinski definition) is 0. The first kappa shape index (κ1) is 20.9. The lowest BCUT2D eigenvalue weighted by Crippen LogP contribution is -2.12. The van der Waals surface area contributed by atoms with Gasteiger partial charge in [0.25, 0.3) is 0 Å². The minimum Gasteiger partial charge on any atom is -0.206 e. The van der Waals surface area contributed by atoms with Crippen LogP contribution in [0.15, 0.2) is 36.4 Å². The van der Waals surface area contributed by atoms with Gasteiger partial charge in [0.05, 0.1) is 5.56 Å². The van der Waals surface area contributed by atoms with Gasteiger partial charge in [-0.3, -0.25) is 0 Å². The largest absolute Gasteiger partial charge is 0.206 e. The van der Waals surface area contributed by atoms with Gasteiger partial charge in [0.2, 0.25) is 0 Å². The van der Waals surface area contributed by atoms with Gasteiger partial charge in [-0.1, -0.05) is 17.9 Å². The Labute approximate surface area is 177 Å². The van der Waals surface area contributed by atoms with E-state index in [1.807, 2.05) is 0 Å². The highest BCUT2D eigenvalue weighted by molar-refractivity contribution is 5.84. The normalized spacial score (nSPS) is 18.3. The summed E-state index contributed by atoms with van der Waals surface area (Å²) >= 11 is 0. The number of terminal acetylenes is 1. The number of benzene rings is 3. The summed E-state index contributed by atoms with van der Waals surface area (Å²) in [7, 11) is 0. The van der Waals surface area contributed by atoms with Gasteiger partial charge in [-0.05, 0) is 72.9 Å². The zero-order chi connectivity index (χ0) is 22.1. The van der Waals surface area contributed by atoms with E-state index in [0.717, 1.165) is 31.7 Å². The highest BCUT2D eigenvalue weighted by atomic mass is 19.2. The van der Waals surface area contributed by atoms with Crippen molar-refractivity contribution < 1.29 is 22.0 Å². The summed E-state index contributed by atoms with van der Waals surface area (Å²) in [6.45, 7) is 0. The Hall–Kier alpha value is -3.31. The molecule has 1 aliphatic rings. The van der Waals surface area contributed by atoms with Crippen LogP contribution in [-0.2, 0) is 0 Å². The van der Waals surface area contributed by atoms with E-state index < -0.39 is 29.1 Å². The third-order valence-corrected chi connectivity index (χ3v) is 5.80. The van der Waals surface area contributed by atoms with Crippen LogP contribution in [0.3, 0.4) is 0 Å². The van der Waals surface area contributed by atoms with Crippen LogP contribution in [-0.4, -0.2) is 0 Å². The minimum atomic E-state index is -1.55. The Morgan fingerprint density at radius 3 is 2.06 bits per heavy atom. The number of hydrogen-bond donors (Lipinski definition) is 0. The molecular weight excluding hydrogens is 407 g/mol. The Morgan fingerprint density at radius 1 is 0.742 bits per heavy atom. The molecule has 1 aliphatic carbocycles. The second-order valence-electron chi connectivity index (χ2n) is 7.75. The molecule has 0 aliphatic heterocycles. The van der Waals surface area contributed by atoms with Crippen molar-refractivity contribution in [1.82, 2.24) is 0 Å². The van der Waals surface area contributed by atoms with E-state index in [2.05, 4.69) is 17.8 Å². The third-order valence-electron chi connectivity index (χ3n) is 5.80. The highest BCUT2D eigenvalue weighted by Crippen LogP contribution is 2.36. The molecule has 31 heavy (non-hydrogen) atoms. The molecule has 1 saturated carbocycles. The minimum absolute atomic E-state index is 0.0567. The van der Waals surface area contributed by atoms with Crippen LogP contribution in [0.4, 0.5) is 22.0 Å². The standard InChI is InChI=1S/C26H17F5/c1-2-15-3-7-17(8-4-15)18-12-22(27)21(23(28)13-18)10-6-16-5-9-20-19(11-16)14-24(29)26(31)25(20)30/h1,5,9,11-15,17H,3-4,7-8H2. The molecule has 5 heteroatoms. The maximum Gasteiger partial charge on any atom is 0.195 e. The molecule has 0 unspecified atom stereocenters. The topological polar surface area (TPSA) is 0 Å². The number of fused-ring (bicyclic) bond motifs is 1. The Morgan fingerprint density at radius 2 is 1.42 bits per heavy atom. The van der Waals surface area contributed by atoms with Crippen molar-refractivity contribution in [2.24, 2.45) is 5.92 Å². The molecule has 0 radical (unpaired) electrons. The van der Waals surface area contributed by atoms with Gasteiger partial charge in [0, 0.05) is 16.9 Å². The molecule has 0 aromatic heterocycles. The van der Waals surface area contributed by atoms with Crippen molar-refractivity contribution >= 4 is 10.8 Å². The van der Waals surface area contributed by atoms with Crippen molar-refractivity contribution in [2.75, 3.05) is 0 Å². The molecule has 4 rings (SSSR count). The lowest BCUT2D eigenvalue weighted by Gasteiger charge is -2.26. The third kappa shape index (κ3) is 4.14. The van der Waals surface area contributed by atoms with E-state index in [0.29, 0.717) is 5.56 Å². The van der Waals surface area contributed by atoms with Crippen LogP contribution < -0.4 is 0 Å². The Balaban J connectivity index is 1.62. The van der Waals surface area contributed by atoms with Gasteiger partial charge in [0.1, 0.15) is 11.6 Å². The summed E-state index contributed by atoms with van der Waals surface area (Å²) in [6, 6.07) is 7.43. The van der Waals surface area contributed by atoms with Crippen molar-refractivity contribution in [3.8, 4) is 24.2 Å². The predicted molar refractivity (Wildman–Crippen MR) is 110 cm³/mol. The molecule has 0 amide bonds. The van der Waals surface area contributed by atoms with Gasteiger partial charge in [-0.15, -0.1) is 12.3 Å². The van der Waals surface area contributed by atoms with Crippen molar-refractivity contribution in [3.63, 3.8) is 0 Å². The van der Waals surface area contributed by atoms with Crippen molar-refractivity contribution in [1.29, 1.82) is 0 Å². The van der Waals surface area contributed by atoms with E-state index >= 15 is 0 Å². The van der Waals surface area contributed by atoms with Gasteiger partial charge >= 0.3 is 0 Å². The van der Waals surface area contributed by atoms with Gasteiger partial charge < -0.3 is 0 Å². The molecule has 0 saturated heterocycles. The fraction of sp³-hybridized carbons (Fsp3) is 0.231. The van der Waals surface area contributed by atoms with Gasteiger partial charge in [-0.25, -0.2) is 22.0 Å². The predicted octanol–water partition coefficient (Wildman–Crippen LogP) is 6.84. The summed E-state index contributed by atoms with van der Waals surface area (Å²) in [6.07, 6.45) is 8.68. The number of rotatable bonds is 1. The maximum atomic E-state index is 14.6. The quantitative estimate of drug-likeness (QED) is 0.228. The van der Waals surface area contributed by atoms with E-state index in [1.165, 1.54) is 30.3 Å². The van der Waals surface area contributed by atoms with Crippen LogP contribution in [0, 0.1) is 59.2 Å². The smallest absolute Gasteiger partial charge is 0.195 e. The fourth-order valence-corrected chi connectivity index (χ4v) is 4.06. The lowest BCUT2D eigenvalue weighted by molar-refractivity contribution is 0.383. The van der Waals surface area contributed by atoms with Gasteiger partial charge in [0.15, 0.2) is 17.5 Å². The first-order valence-electron chi connectivity index (χ1n) is 9.91. The zero-order valence-corrected chi connectivity index (χ0v) is 16.4. The molecule has 0 N–H and O–H groups in total. The van der Waals surface area contributed by atoms with E-state index in [4.69, 9.17) is 6.42 Å². The van der Waals surface area contributed by atoms with E-state index in [-0.39, 0.29) is 33.7 Å². The average molecular weight is 424 g/mol. The number of halogens is 5. The van der Waals surface area contributed by atoms with Crippen LogP contribution in [0.5, 0.6) is 0 Å². The fourth-order valence-electron chi connectivity index (χ4n) is 4.06. The first-order valence-corrected chi connectivity index (χ1v) is 9.91. The summed E-state index contributed by atoms with van der Waals surface area (Å²) < 4.78 is 69.8. The first-order chi connectivity index (χ1) is 14.9. The van der Waals surface area contributed by atoms with Crippen LogP contribution >= 0.6 is 0 Å². The molecule has 1 fully saturated rings. The van der Waals surface area contributed by atoms with E-state index in [9.17, 15) is 22.0 Å². The summed E-state index contributed by atoms with van der Waals surface area (Å²) in [5, 5.41) is -0.00668. The zero-order valence-electron chi connectivity index (χ0n) is 16.4. The monoisotopic (exact) mass is 424 g/mol. The molecule has 3 aromatic rings. The summed E-state index contributed by atoms with van der Waals surface area (Å²) in [4.78, 5) is 0. The molecule has 3 aromatic carbocycles. The van der Waals surface area contributed by atoms with Crippen molar-refractivity contribution in [2.45, 2.75) is 31.6 Å². The second-order valence-corrected chi connectivity index (χ2v) is 7.75. The average Bonchev–Trinajstić information content (AvgIpc) is 2.77. The second kappa shape index (κ2) is 8.44. The van der Waals surface area contributed by atoms with Gasteiger partial charge in [-0.2, -0.15) is 0 Å². The SMILES string of the molecule is C#CC1CCC(c2cc(F)c(C#Cc3ccc4c(F)c(F)c(F)cc4c3)c(F)c2)CC1. The van der Waals surface area contributed by atoms with Crippen LogP contribution in [0.2, 0.25) is 0 Å². The molecule has 156 valence electrons. The molecule has 0 spiro atoms. The van der Waals surface area contributed by atoms with Crippen LogP contribution in [0.1, 0.15) is 48.3 Å². The molecule has 0 heterocycles. The molecule has 0 bridgehead atoms.